The first-order valence-electron chi connectivity index (χ1n) is 4.71. The fraction of sp³-hybridized carbons (Fsp3) is 0.300. The van der Waals surface area contributed by atoms with Crippen molar-refractivity contribution >= 4 is 11.6 Å². The predicted molar refractivity (Wildman–Crippen MR) is 54.6 cm³/mol. The normalized spacial score (nSPS) is 16.5. The van der Waals surface area contributed by atoms with Gasteiger partial charge in [0.15, 0.2) is 17.6 Å². The Kier molecular flexibility index (Phi) is 2.53. The van der Waals surface area contributed by atoms with Crippen molar-refractivity contribution in [3.63, 3.8) is 0 Å². The van der Waals surface area contributed by atoms with Crippen LogP contribution < -0.4 is 11.1 Å². The summed E-state index contributed by atoms with van der Waals surface area (Å²) < 4.78 is 26.0. The predicted octanol–water partition coefficient (Wildman–Crippen LogP) is 1.85. The van der Waals surface area contributed by atoms with Crippen molar-refractivity contribution in [1.82, 2.24) is 0 Å². The molecule has 0 amide bonds. The van der Waals surface area contributed by atoms with Gasteiger partial charge in [-0.15, -0.1) is 0 Å². The topological polar surface area (TPSA) is 50.4 Å². The number of hydrogen-bond acceptors (Lipinski definition) is 1. The van der Waals surface area contributed by atoms with Crippen LogP contribution >= 0.6 is 0 Å². The highest BCUT2D eigenvalue weighted by atomic mass is 19.2. The molecule has 15 heavy (non-hydrogen) atoms. The van der Waals surface area contributed by atoms with Gasteiger partial charge in [-0.25, -0.2) is 13.8 Å². The van der Waals surface area contributed by atoms with Crippen molar-refractivity contribution in [3.05, 3.63) is 29.8 Å². The molecule has 1 fully saturated rings. The van der Waals surface area contributed by atoms with Crippen LogP contribution in [0.25, 0.3) is 0 Å². The first-order chi connectivity index (χ1) is 7.16. The van der Waals surface area contributed by atoms with Crippen LogP contribution in [0.1, 0.15) is 12.8 Å². The summed E-state index contributed by atoms with van der Waals surface area (Å²) in [5.41, 5.74) is 5.53. The number of rotatable bonds is 2. The maximum Gasteiger partial charge on any atom is 0.193 e. The molecule has 1 aliphatic carbocycles. The Balaban J connectivity index is 2.12. The maximum absolute atomic E-state index is 13.2. The van der Waals surface area contributed by atoms with Gasteiger partial charge in [-0.3, -0.25) is 0 Å². The Bertz CT molecular complexity index is 400. The number of nitrogens with one attached hydrogen (secondary N) is 1. The molecule has 0 bridgehead atoms. The average Bonchev–Trinajstić information content (AvgIpc) is 2.97. The molecule has 1 aromatic rings. The summed E-state index contributed by atoms with van der Waals surface area (Å²) in [6.07, 6.45) is 2.02. The van der Waals surface area contributed by atoms with Crippen molar-refractivity contribution in [2.75, 3.05) is 5.32 Å². The number of nitrogens with zero attached hydrogens (tertiary/aromatic N) is 1. The zero-order valence-corrected chi connectivity index (χ0v) is 8.00. The van der Waals surface area contributed by atoms with Gasteiger partial charge in [0.05, 0.1) is 11.7 Å². The molecule has 0 unspecified atom stereocenters. The van der Waals surface area contributed by atoms with Gasteiger partial charge in [-0.05, 0) is 25.0 Å². The lowest BCUT2D eigenvalue weighted by atomic mass is 10.3. The fourth-order valence-corrected chi connectivity index (χ4v) is 1.17. The molecule has 0 aliphatic heterocycles. The summed E-state index contributed by atoms with van der Waals surface area (Å²) in [6.45, 7) is 0. The van der Waals surface area contributed by atoms with Crippen molar-refractivity contribution in [2.45, 2.75) is 18.9 Å². The Hall–Kier alpha value is -1.65. The zero-order chi connectivity index (χ0) is 10.8. The van der Waals surface area contributed by atoms with Crippen LogP contribution in [0.5, 0.6) is 0 Å². The van der Waals surface area contributed by atoms with Gasteiger partial charge < -0.3 is 11.1 Å². The van der Waals surface area contributed by atoms with Gasteiger partial charge in [0.25, 0.3) is 0 Å². The van der Waals surface area contributed by atoms with Crippen molar-refractivity contribution in [2.24, 2.45) is 10.7 Å². The molecule has 1 aromatic carbocycles. The van der Waals surface area contributed by atoms with Crippen molar-refractivity contribution in [1.29, 1.82) is 0 Å². The molecule has 5 heteroatoms. The summed E-state index contributed by atoms with van der Waals surface area (Å²) >= 11 is 0. The van der Waals surface area contributed by atoms with E-state index >= 15 is 0 Å². The van der Waals surface area contributed by atoms with Gasteiger partial charge in [0, 0.05) is 0 Å². The van der Waals surface area contributed by atoms with E-state index in [1.165, 1.54) is 12.1 Å². The number of nitrogens with two attached hydrogens (primary N) is 1. The molecule has 1 aliphatic rings. The summed E-state index contributed by atoms with van der Waals surface area (Å²) in [5, 5.41) is 2.54. The lowest BCUT2D eigenvalue weighted by molar-refractivity contribution is 0.512. The van der Waals surface area contributed by atoms with Crippen LogP contribution in [0.3, 0.4) is 0 Å². The minimum atomic E-state index is -0.938. The Morgan fingerprint density at radius 3 is 2.80 bits per heavy atom. The van der Waals surface area contributed by atoms with E-state index in [4.69, 9.17) is 5.73 Å². The number of guanidine groups is 1. The molecule has 0 saturated heterocycles. The minimum Gasteiger partial charge on any atom is -0.370 e. The van der Waals surface area contributed by atoms with Gasteiger partial charge >= 0.3 is 0 Å². The van der Waals surface area contributed by atoms with E-state index in [-0.39, 0.29) is 17.7 Å². The molecule has 1 saturated carbocycles. The third-order valence-corrected chi connectivity index (χ3v) is 2.08. The average molecular weight is 211 g/mol. The van der Waals surface area contributed by atoms with E-state index in [1.807, 2.05) is 0 Å². The Morgan fingerprint density at radius 1 is 1.40 bits per heavy atom. The molecular formula is C10H11F2N3. The third-order valence-electron chi connectivity index (χ3n) is 2.08. The number of anilines is 1. The summed E-state index contributed by atoms with van der Waals surface area (Å²) in [6, 6.07) is 4.11. The number of benzene rings is 1. The molecule has 2 rings (SSSR count). The van der Waals surface area contributed by atoms with Crippen LogP contribution in [0.4, 0.5) is 14.5 Å². The first-order valence-corrected chi connectivity index (χ1v) is 4.71. The second kappa shape index (κ2) is 3.84. The second-order valence-electron chi connectivity index (χ2n) is 3.47. The van der Waals surface area contributed by atoms with E-state index in [1.54, 1.807) is 0 Å². The highest BCUT2D eigenvalue weighted by Crippen LogP contribution is 2.23. The molecule has 3 N–H and O–H groups in total. The van der Waals surface area contributed by atoms with Crippen LogP contribution in [0.2, 0.25) is 0 Å². The van der Waals surface area contributed by atoms with E-state index in [9.17, 15) is 8.78 Å². The molecule has 0 radical (unpaired) electrons. The first kappa shape index (κ1) is 9.89. The van der Waals surface area contributed by atoms with Crippen LogP contribution in [0.15, 0.2) is 23.2 Å². The number of hydrogen-bond donors (Lipinski definition) is 2. The van der Waals surface area contributed by atoms with E-state index in [0.717, 1.165) is 18.9 Å². The molecular weight excluding hydrogens is 200 g/mol. The van der Waals surface area contributed by atoms with Gasteiger partial charge in [-0.2, -0.15) is 0 Å². The van der Waals surface area contributed by atoms with E-state index in [0.29, 0.717) is 0 Å². The molecule has 0 heterocycles. The van der Waals surface area contributed by atoms with Crippen LogP contribution in [-0.4, -0.2) is 12.0 Å². The van der Waals surface area contributed by atoms with Gasteiger partial charge in [-0.1, -0.05) is 6.07 Å². The Morgan fingerprint density at radius 2 is 2.13 bits per heavy atom. The SMILES string of the molecule is NC(=NC1CC1)Nc1cccc(F)c1F. The minimum absolute atomic E-state index is 0.0110. The second-order valence-corrected chi connectivity index (χ2v) is 3.47. The summed E-state index contributed by atoms with van der Waals surface area (Å²) in [4.78, 5) is 4.05. The molecule has 0 aromatic heterocycles. The maximum atomic E-state index is 13.2. The van der Waals surface area contributed by atoms with E-state index in [2.05, 4.69) is 10.3 Å². The van der Waals surface area contributed by atoms with Crippen LogP contribution in [-0.2, 0) is 0 Å². The third kappa shape index (κ3) is 2.43. The van der Waals surface area contributed by atoms with Crippen molar-refractivity contribution in [3.8, 4) is 0 Å². The molecule has 0 atom stereocenters. The molecule has 80 valence electrons. The van der Waals surface area contributed by atoms with Crippen LogP contribution in [0, 0.1) is 11.6 Å². The number of halogens is 2. The monoisotopic (exact) mass is 211 g/mol. The molecule has 0 spiro atoms. The zero-order valence-electron chi connectivity index (χ0n) is 8.00. The van der Waals surface area contributed by atoms with Crippen molar-refractivity contribution < 1.29 is 8.78 Å². The van der Waals surface area contributed by atoms with Gasteiger partial charge in [0.2, 0.25) is 0 Å². The lowest BCUT2D eigenvalue weighted by Gasteiger charge is -2.06. The standard InChI is InChI=1S/C10H11F2N3/c11-7-2-1-3-8(9(7)12)15-10(13)14-6-4-5-6/h1-3,6H,4-5H2,(H3,13,14,15). The highest BCUT2D eigenvalue weighted by molar-refractivity contribution is 5.92. The summed E-state index contributed by atoms with van der Waals surface area (Å²) in [5.74, 6) is -1.72. The smallest absolute Gasteiger partial charge is 0.193 e. The molecule has 3 nitrogen and oxygen atoms in total. The fourth-order valence-electron chi connectivity index (χ4n) is 1.17. The Labute approximate surface area is 86.0 Å². The largest absolute Gasteiger partial charge is 0.370 e. The lowest BCUT2D eigenvalue weighted by Crippen LogP contribution is -2.23. The van der Waals surface area contributed by atoms with Gasteiger partial charge in [0.1, 0.15) is 0 Å². The quantitative estimate of drug-likeness (QED) is 0.579. The number of aliphatic imine (C=N–C) groups is 1. The van der Waals surface area contributed by atoms with E-state index < -0.39 is 11.6 Å². The highest BCUT2D eigenvalue weighted by Gasteiger charge is 2.20. The summed E-state index contributed by atoms with van der Waals surface area (Å²) in [7, 11) is 0.